The van der Waals surface area contributed by atoms with E-state index >= 15 is 0 Å². The van der Waals surface area contributed by atoms with Crippen LogP contribution in [0.4, 0.5) is 0 Å². The zero-order chi connectivity index (χ0) is 11.3. The Labute approximate surface area is 99.9 Å². The first-order valence-corrected chi connectivity index (χ1v) is 6.12. The maximum Gasteiger partial charge on any atom is 0.138 e. The van der Waals surface area contributed by atoms with Crippen LogP contribution < -0.4 is 10.5 Å². The first kappa shape index (κ1) is 12.5. The molecule has 0 radical (unpaired) electrons. The van der Waals surface area contributed by atoms with Gasteiger partial charge in [-0.2, -0.15) is 0 Å². The number of ether oxygens (including phenoxy) is 1. The Balaban J connectivity index is 2.82. The molecule has 15 heavy (non-hydrogen) atoms. The summed E-state index contributed by atoms with van der Waals surface area (Å²) in [5, 5.41) is 0. The van der Waals surface area contributed by atoms with Crippen molar-refractivity contribution in [2.24, 2.45) is 5.73 Å². The van der Waals surface area contributed by atoms with Gasteiger partial charge in [0.15, 0.2) is 0 Å². The minimum Gasteiger partial charge on any atom is -0.489 e. The molecule has 3 heteroatoms. The SMILES string of the molecule is CCCC(C)Oc1c(Br)cccc1CN. The molecule has 0 bridgehead atoms. The Morgan fingerprint density at radius 1 is 1.47 bits per heavy atom. The molecule has 0 amide bonds. The number of nitrogens with two attached hydrogens (primary N) is 1. The molecule has 2 nitrogen and oxygen atoms in total. The molecule has 84 valence electrons. The van der Waals surface area contributed by atoms with Gasteiger partial charge in [0.2, 0.25) is 0 Å². The molecular formula is C12H18BrNO. The van der Waals surface area contributed by atoms with Crippen LogP contribution in [-0.4, -0.2) is 6.10 Å². The number of para-hydroxylation sites is 1. The van der Waals surface area contributed by atoms with E-state index in [0.717, 1.165) is 28.6 Å². The van der Waals surface area contributed by atoms with Gasteiger partial charge in [-0.3, -0.25) is 0 Å². The summed E-state index contributed by atoms with van der Waals surface area (Å²) in [6, 6.07) is 5.95. The molecule has 0 aromatic heterocycles. The fraction of sp³-hybridized carbons (Fsp3) is 0.500. The average Bonchev–Trinajstić information content (AvgIpc) is 2.21. The molecule has 2 N–H and O–H groups in total. The molecule has 0 spiro atoms. The number of benzene rings is 1. The summed E-state index contributed by atoms with van der Waals surface area (Å²) < 4.78 is 6.86. The van der Waals surface area contributed by atoms with Crippen molar-refractivity contribution in [2.45, 2.75) is 39.3 Å². The van der Waals surface area contributed by atoms with E-state index in [2.05, 4.69) is 29.8 Å². The van der Waals surface area contributed by atoms with Gasteiger partial charge in [-0.15, -0.1) is 0 Å². The van der Waals surface area contributed by atoms with Crippen molar-refractivity contribution in [3.63, 3.8) is 0 Å². The second-order valence-electron chi connectivity index (χ2n) is 3.65. The van der Waals surface area contributed by atoms with Gasteiger partial charge in [0.05, 0.1) is 10.6 Å². The second-order valence-corrected chi connectivity index (χ2v) is 4.50. The van der Waals surface area contributed by atoms with E-state index in [-0.39, 0.29) is 6.10 Å². The maximum absolute atomic E-state index is 5.88. The van der Waals surface area contributed by atoms with Gasteiger partial charge < -0.3 is 10.5 Å². The Hall–Kier alpha value is -0.540. The lowest BCUT2D eigenvalue weighted by molar-refractivity contribution is 0.206. The van der Waals surface area contributed by atoms with Gasteiger partial charge in [-0.25, -0.2) is 0 Å². The fourth-order valence-corrected chi connectivity index (χ4v) is 2.01. The summed E-state index contributed by atoms with van der Waals surface area (Å²) in [5.41, 5.74) is 6.72. The summed E-state index contributed by atoms with van der Waals surface area (Å²) in [7, 11) is 0. The number of hydrogen-bond acceptors (Lipinski definition) is 2. The van der Waals surface area contributed by atoms with E-state index < -0.39 is 0 Å². The molecule has 1 atom stereocenters. The quantitative estimate of drug-likeness (QED) is 0.890. The van der Waals surface area contributed by atoms with Gasteiger partial charge in [0, 0.05) is 12.1 Å². The van der Waals surface area contributed by atoms with Gasteiger partial charge >= 0.3 is 0 Å². The third kappa shape index (κ3) is 3.50. The van der Waals surface area contributed by atoms with Crippen LogP contribution in [0.2, 0.25) is 0 Å². The summed E-state index contributed by atoms with van der Waals surface area (Å²) in [5.74, 6) is 0.890. The van der Waals surface area contributed by atoms with E-state index in [0.29, 0.717) is 6.54 Å². The third-order valence-electron chi connectivity index (χ3n) is 2.28. The van der Waals surface area contributed by atoms with Crippen LogP contribution in [0.3, 0.4) is 0 Å². The molecule has 0 saturated heterocycles. The lowest BCUT2D eigenvalue weighted by Gasteiger charge is -2.17. The summed E-state index contributed by atoms with van der Waals surface area (Å²) in [6.45, 7) is 4.75. The van der Waals surface area contributed by atoms with Crippen LogP contribution in [0.15, 0.2) is 22.7 Å². The highest BCUT2D eigenvalue weighted by Crippen LogP contribution is 2.30. The second kappa shape index (κ2) is 6.13. The van der Waals surface area contributed by atoms with E-state index in [1.807, 2.05) is 18.2 Å². The molecule has 1 aromatic carbocycles. The molecule has 0 aliphatic heterocycles. The minimum atomic E-state index is 0.235. The molecule has 0 heterocycles. The Bertz CT molecular complexity index is 314. The van der Waals surface area contributed by atoms with Crippen molar-refractivity contribution in [1.82, 2.24) is 0 Å². The lowest BCUT2D eigenvalue weighted by atomic mass is 10.2. The first-order valence-electron chi connectivity index (χ1n) is 5.33. The highest BCUT2D eigenvalue weighted by molar-refractivity contribution is 9.10. The monoisotopic (exact) mass is 271 g/mol. The largest absolute Gasteiger partial charge is 0.489 e. The van der Waals surface area contributed by atoms with Crippen molar-refractivity contribution in [3.8, 4) is 5.75 Å². The molecular weight excluding hydrogens is 254 g/mol. The van der Waals surface area contributed by atoms with Crippen LogP contribution in [0, 0.1) is 0 Å². The maximum atomic E-state index is 5.88. The zero-order valence-corrected chi connectivity index (χ0v) is 10.9. The summed E-state index contributed by atoms with van der Waals surface area (Å²) in [4.78, 5) is 0. The highest BCUT2D eigenvalue weighted by atomic mass is 79.9. The Kier molecular flexibility index (Phi) is 5.12. The molecule has 1 unspecified atom stereocenters. The number of halogens is 1. The smallest absolute Gasteiger partial charge is 0.138 e. The molecule has 1 aromatic rings. The van der Waals surface area contributed by atoms with Crippen LogP contribution in [0.25, 0.3) is 0 Å². The average molecular weight is 272 g/mol. The van der Waals surface area contributed by atoms with E-state index in [4.69, 9.17) is 10.5 Å². The van der Waals surface area contributed by atoms with Crippen LogP contribution >= 0.6 is 15.9 Å². The number of rotatable bonds is 5. The van der Waals surface area contributed by atoms with Gasteiger partial charge in [-0.1, -0.05) is 25.5 Å². The Morgan fingerprint density at radius 2 is 2.20 bits per heavy atom. The number of hydrogen-bond donors (Lipinski definition) is 1. The normalized spacial score (nSPS) is 12.5. The van der Waals surface area contributed by atoms with Crippen molar-refractivity contribution < 1.29 is 4.74 Å². The van der Waals surface area contributed by atoms with Crippen molar-refractivity contribution in [3.05, 3.63) is 28.2 Å². The van der Waals surface area contributed by atoms with Crippen LogP contribution in [0.1, 0.15) is 32.3 Å². The predicted molar refractivity (Wildman–Crippen MR) is 67.0 cm³/mol. The molecule has 1 rings (SSSR count). The minimum absolute atomic E-state index is 0.235. The molecule has 0 fully saturated rings. The van der Waals surface area contributed by atoms with Crippen LogP contribution in [-0.2, 0) is 6.54 Å². The summed E-state index contributed by atoms with van der Waals surface area (Å²) in [6.07, 6.45) is 2.42. The van der Waals surface area contributed by atoms with Gasteiger partial charge in [0.25, 0.3) is 0 Å². The predicted octanol–water partition coefficient (Wildman–Crippen LogP) is 3.48. The van der Waals surface area contributed by atoms with Crippen molar-refractivity contribution in [2.75, 3.05) is 0 Å². The van der Waals surface area contributed by atoms with Gasteiger partial charge in [0.1, 0.15) is 5.75 Å². The van der Waals surface area contributed by atoms with Crippen molar-refractivity contribution in [1.29, 1.82) is 0 Å². The zero-order valence-electron chi connectivity index (χ0n) is 9.29. The van der Waals surface area contributed by atoms with E-state index in [1.165, 1.54) is 0 Å². The Morgan fingerprint density at radius 3 is 2.80 bits per heavy atom. The van der Waals surface area contributed by atoms with E-state index in [9.17, 15) is 0 Å². The first-order chi connectivity index (χ1) is 7.19. The highest BCUT2D eigenvalue weighted by Gasteiger charge is 2.10. The standard InChI is InChI=1S/C12H18BrNO/c1-3-5-9(2)15-12-10(8-14)6-4-7-11(12)13/h4,6-7,9H,3,5,8,14H2,1-2H3. The van der Waals surface area contributed by atoms with Crippen LogP contribution in [0.5, 0.6) is 5.75 Å². The topological polar surface area (TPSA) is 35.2 Å². The lowest BCUT2D eigenvalue weighted by Crippen LogP contribution is -2.13. The molecule has 0 aliphatic carbocycles. The molecule has 0 saturated carbocycles. The fourth-order valence-electron chi connectivity index (χ4n) is 1.51. The third-order valence-corrected chi connectivity index (χ3v) is 2.91. The van der Waals surface area contributed by atoms with Gasteiger partial charge in [-0.05, 0) is 35.3 Å². The molecule has 0 aliphatic rings. The van der Waals surface area contributed by atoms with E-state index in [1.54, 1.807) is 0 Å². The summed E-state index contributed by atoms with van der Waals surface area (Å²) >= 11 is 3.49. The van der Waals surface area contributed by atoms with Crippen molar-refractivity contribution >= 4 is 15.9 Å².